The lowest BCUT2D eigenvalue weighted by Crippen LogP contribution is -2.32. The summed E-state index contributed by atoms with van der Waals surface area (Å²) in [6.45, 7) is 2.15. The van der Waals surface area contributed by atoms with Crippen molar-refractivity contribution >= 4 is 5.91 Å². The van der Waals surface area contributed by atoms with Crippen molar-refractivity contribution in [1.82, 2.24) is 5.32 Å². The fourth-order valence-electron chi connectivity index (χ4n) is 3.37. The van der Waals surface area contributed by atoms with E-state index in [4.69, 9.17) is 4.74 Å². The largest absolute Gasteiger partial charge is 0.483 e. The number of fused-ring (bicyclic) bond motifs is 1. The minimum atomic E-state index is -0.0703. The molecule has 0 aromatic heterocycles. The van der Waals surface area contributed by atoms with Gasteiger partial charge in [0.05, 0.1) is 6.04 Å². The molecule has 0 saturated heterocycles. The van der Waals surface area contributed by atoms with Gasteiger partial charge in [-0.15, -0.1) is 0 Å². The van der Waals surface area contributed by atoms with Crippen LogP contribution in [-0.2, 0) is 17.6 Å². The van der Waals surface area contributed by atoms with Gasteiger partial charge in [-0.1, -0.05) is 49.4 Å². The van der Waals surface area contributed by atoms with Crippen LogP contribution in [0.5, 0.6) is 5.75 Å². The second-order valence-electron chi connectivity index (χ2n) is 6.33. The third-order valence-corrected chi connectivity index (χ3v) is 4.66. The normalized spacial score (nSPS) is 14.5. The summed E-state index contributed by atoms with van der Waals surface area (Å²) in [5.41, 5.74) is 3.78. The Labute approximate surface area is 144 Å². The highest BCUT2D eigenvalue weighted by Gasteiger charge is 2.16. The van der Waals surface area contributed by atoms with Crippen molar-refractivity contribution in [2.75, 3.05) is 6.61 Å². The van der Waals surface area contributed by atoms with Gasteiger partial charge in [0.2, 0.25) is 0 Å². The molecule has 0 heterocycles. The van der Waals surface area contributed by atoms with E-state index in [1.165, 1.54) is 24.0 Å². The smallest absolute Gasteiger partial charge is 0.258 e. The highest BCUT2D eigenvalue weighted by molar-refractivity contribution is 5.78. The molecule has 126 valence electrons. The number of carbonyl (C=O) groups excluding carboxylic acids is 1. The first kappa shape index (κ1) is 16.6. The van der Waals surface area contributed by atoms with Crippen LogP contribution in [0.25, 0.3) is 0 Å². The minimum absolute atomic E-state index is 0.0342. The molecule has 0 bridgehead atoms. The monoisotopic (exact) mass is 323 g/mol. The fraction of sp³-hybridized carbons (Fsp3) is 0.381. The van der Waals surface area contributed by atoms with Crippen molar-refractivity contribution < 1.29 is 9.53 Å². The molecule has 3 nitrogen and oxygen atoms in total. The fourth-order valence-corrected chi connectivity index (χ4v) is 3.37. The molecule has 0 radical (unpaired) electrons. The Balaban J connectivity index is 1.60. The lowest BCUT2D eigenvalue weighted by Gasteiger charge is -2.20. The molecule has 1 aliphatic rings. The van der Waals surface area contributed by atoms with E-state index in [1.807, 2.05) is 42.5 Å². The first-order valence-corrected chi connectivity index (χ1v) is 8.85. The second-order valence-corrected chi connectivity index (χ2v) is 6.33. The van der Waals surface area contributed by atoms with Crippen LogP contribution in [0.4, 0.5) is 0 Å². The van der Waals surface area contributed by atoms with Crippen LogP contribution in [0, 0.1) is 0 Å². The first-order chi connectivity index (χ1) is 11.8. The highest BCUT2D eigenvalue weighted by atomic mass is 16.5. The topological polar surface area (TPSA) is 38.3 Å². The molecule has 1 aliphatic carbocycles. The van der Waals surface area contributed by atoms with Gasteiger partial charge in [-0.05, 0) is 54.9 Å². The number of nitrogens with one attached hydrogen (secondary N) is 1. The maximum atomic E-state index is 12.3. The second kappa shape index (κ2) is 8.00. The molecule has 0 spiro atoms. The Morgan fingerprint density at radius 3 is 2.67 bits per heavy atom. The molecule has 1 amide bonds. The van der Waals surface area contributed by atoms with Crippen molar-refractivity contribution in [1.29, 1.82) is 0 Å². The van der Waals surface area contributed by atoms with Crippen LogP contribution in [0.15, 0.2) is 48.5 Å². The summed E-state index contributed by atoms with van der Waals surface area (Å²) in [7, 11) is 0. The number of carbonyl (C=O) groups is 1. The molecule has 2 aromatic rings. The summed E-state index contributed by atoms with van der Waals surface area (Å²) in [5.74, 6) is 0.800. The van der Waals surface area contributed by atoms with Crippen molar-refractivity contribution in [2.24, 2.45) is 0 Å². The van der Waals surface area contributed by atoms with Gasteiger partial charge >= 0.3 is 0 Å². The number of ether oxygens (including phenoxy) is 1. The Bertz CT molecular complexity index is 681. The molecule has 3 heteroatoms. The van der Waals surface area contributed by atoms with Crippen molar-refractivity contribution in [2.45, 2.75) is 45.1 Å². The molecule has 1 unspecified atom stereocenters. The maximum absolute atomic E-state index is 12.3. The van der Waals surface area contributed by atoms with Crippen LogP contribution >= 0.6 is 0 Å². The van der Waals surface area contributed by atoms with Gasteiger partial charge in [0.1, 0.15) is 5.75 Å². The third kappa shape index (κ3) is 3.97. The van der Waals surface area contributed by atoms with Gasteiger partial charge in [0.25, 0.3) is 5.91 Å². The van der Waals surface area contributed by atoms with E-state index in [-0.39, 0.29) is 18.6 Å². The number of amides is 1. The quantitative estimate of drug-likeness (QED) is 0.865. The van der Waals surface area contributed by atoms with Crippen LogP contribution in [0.3, 0.4) is 0 Å². The molecule has 0 fully saturated rings. The van der Waals surface area contributed by atoms with Gasteiger partial charge in [-0.25, -0.2) is 0 Å². The lowest BCUT2D eigenvalue weighted by atomic mass is 9.91. The number of benzene rings is 2. The third-order valence-electron chi connectivity index (χ3n) is 4.66. The Kier molecular flexibility index (Phi) is 5.52. The zero-order valence-corrected chi connectivity index (χ0v) is 14.3. The number of hydrogen-bond donors (Lipinski definition) is 1. The SMILES string of the molecule is CCC(NC(=O)COc1cccc2c1CCCC2)c1ccccc1. The predicted molar refractivity (Wildman–Crippen MR) is 96.2 cm³/mol. The molecule has 0 saturated carbocycles. The van der Waals surface area contributed by atoms with Gasteiger partial charge in [0.15, 0.2) is 6.61 Å². The molecule has 1 atom stereocenters. The van der Waals surface area contributed by atoms with Crippen molar-refractivity contribution in [3.05, 3.63) is 65.2 Å². The number of aryl methyl sites for hydroxylation is 1. The zero-order valence-electron chi connectivity index (χ0n) is 14.3. The number of hydrogen-bond acceptors (Lipinski definition) is 2. The summed E-state index contributed by atoms with van der Waals surface area (Å²) in [4.78, 5) is 12.3. The maximum Gasteiger partial charge on any atom is 0.258 e. The van der Waals surface area contributed by atoms with Crippen LogP contribution in [0.2, 0.25) is 0 Å². The Hall–Kier alpha value is -2.29. The molecule has 3 rings (SSSR count). The van der Waals surface area contributed by atoms with Gasteiger partial charge in [-0.3, -0.25) is 4.79 Å². The van der Waals surface area contributed by atoms with Crippen molar-refractivity contribution in [3.63, 3.8) is 0 Å². The Morgan fingerprint density at radius 1 is 1.08 bits per heavy atom. The zero-order chi connectivity index (χ0) is 16.8. The van der Waals surface area contributed by atoms with Crippen LogP contribution < -0.4 is 10.1 Å². The highest BCUT2D eigenvalue weighted by Crippen LogP contribution is 2.29. The van der Waals surface area contributed by atoms with Gasteiger partial charge < -0.3 is 10.1 Å². The standard InChI is InChI=1S/C21H25NO2/c1-2-19(17-10-4-3-5-11-17)22-21(23)15-24-20-14-8-12-16-9-6-7-13-18(16)20/h3-5,8,10-12,14,19H,2,6-7,9,13,15H2,1H3,(H,22,23). The van der Waals surface area contributed by atoms with E-state index in [2.05, 4.69) is 18.3 Å². The van der Waals surface area contributed by atoms with Crippen LogP contribution in [0.1, 0.15) is 48.9 Å². The lowest BCUT2D eigenvalue weighted by molar-refractivity contribution is -0.123. The molecule has 1 N–H and O–H groups in total. The molecular formula is C21H25NO2. The van der Waals surface area contributed by atoms with E-state index < -0.39 is 0 Å². The summed E-state index contributed by atoms with van der Waals surface area (Å²) in [6, 6.07) is 16.3. The van der Waals surface area contributed by atoms with E-state index in [9.17, 15) is 4.79 Å². The van der Waals surface area contributed by atoms with E-state index in [1.54, 1.807) is 0 Å². The van der Waals surface area contributed by atoms with Gasteiger partial charge in [-0.2, -0.15) is 0 Å². The minimum Gasteiger partial charge on any atom is -0.483 e. The first-order valence-electron chi connectivity index (χ1n) is 8.85. The number of rotatable bonds is 6. The molecule has 2 aromatic carbocycles. The summed E-state index contributed by atoms with van der Waals surface area (Å²) >= 11 is 0. The van der Waals surface area contributed by atoms with Crippen molar-refractivity contribution in [3.8, 4) is 5.75 Å². The Morgan fingerprint density at radius 2 is 1.88 bits per heavy atom. The predicted octanol–water partition coefficient (Wildman–Crippen LogP) is 4.21. The van der Waals surface area contributed by atoms with E-state index in [0.29, 0.717) is 0 Å². The molecular weight excluding hydrogens is 298 g/mol. The molecule has 0 aliphatic heterocycles. The van der Waals surface area contributed by atoms with E-state index in [0.717, 1.165) is 30.6 Å². The molecule has 24 heavy (non-hydrogen) atoms. The van der Waals surface area contributed by atoms with E-state index >= 15 is 0 Å². The summed E-state index contributed by atoms with van der Waals surface area (Å²) in [6.07, 6.45) is 5.47. The van der Waals surface area contributed by atoms with Crippen LogP contribution in [-0.4, -0.2) is 12.5 Å². The summed E-state index contributed by atoms with van der Waals surface area (Å²) in [5, 5.41) is 3.07. The average Bonchev–Trinajstić information content (AvgIpc) is 2.65. The average molecular weight is 323 g/mol. The summed E-state index contributed by atoms with van der Waals surface area (Å²) < 4.78 is 5.84. The van der Waals surface area contributed by atoms with Gasteiger partial charge in [0, 0.05) is 0 Å².